The summed E-state index contributed by atoms with van der Waals surface area (Å²) in [5, 5.41) is 2.72. The second-order valence-corrected chi connectivity index (χ2v) is 7.37. The van der Waals surface area contributed by atoms with Crippen molar-refractivity contribution in [2.24, 2.45) is 0 Å². The normalized spacial score (nSPS) is 18.8. The van der Waals surface area contributed by atoms with Crippen molar-refractivity contribution >= 4 is 11.8 Å². The number of hydrogen-bond acceptors (Lipinski definition) is 3. The Morgan fingerprint density at radius 2 is 1.88 bits per heavy atom. The zero-order valence-electron chi connectivity index (χ0n) is 14.9. The molecule has 0 unspecified atom stereocenters. The largest absolute Gasteiger partial charge is 0.371 e. The number of morpholine rings is 1. The van der Waals surface area contributed by atoms with Crippen molar-refractivity contribution in [2.45, 2.75) is 45.4 Å². The Kier molecular flexibility index (Phi) is 5.13. The highest BCUT2D eigenvalue weighted by atomic mass is 16.5. The van der Waals surface area contributed by atoms with Gasteiger partial charge >= 0.3 is 0 Å². The first-order chi connectivity index (χ1) is 11.1. The fourth-order valence-corrected chi connectivity index (χ4v) is 2.62. The molecule has 0 saturated carbocycles. The lowest BCUT2D eigenvalue weighted by Gasteiger charge is -2.48. The van der Waals surface area contributed by atoms with Gasteiger partial charge in [0.1, 0.15) is 0 Å². The van der Waals surface area contributed by atoms with Crippen LogP contribution in [0.15, 0.2) is 36.9 Å². The van der Waals surface area contributed by atoms with E-state index in [2.05, 4.69) is 11.9 Å². The molecule has 0 aliphatic carbocycles. The molecular weight excluding hydrogens is 304 g/mol. The zero-order chi connectivity index (χ0) is 18.0. The third-order valence-corrected chi connectivity index (χ3v) is 4.18. The molecule has 1 aromatic rings. The third kappa shape index (κ3) is 4.23. The quantitative estimate of drug-likeness (QED) is 0.863. The minimum absolute atomic E-state index is 0.00180. The molecule has 0 bridgehead atoms. The minimum Gasteiger partial charge on any atom is -0.371 e. The van der Waals surface area contributed by atoms with E-state index in [4.69, 9.17) is 4.74 Å². The Morgan fingerprint density at radius 1 is 1.25 bits per heavy atom. The molecule has 24 heavy (non-hydrogen) atoms. The van der Waals surface area contributed by atoms with E-state index < -0.39 is 0 Å². The van der Waals surface area contributed by atoms with Gasteiger partial charge in [-0.05, 0) is 51.5 Å². The van der Waals surface area contributed by atoms with Crippen molar-refractivity contribution in [3.05, 3.63) is 48.0 Å². The average molecular weight is 330 g/mol. The molecule has 1 aromatic carbocycles. The van der Waals surface area contributed by atoms with Gasteiger partial charge in [-0.3, -0.25) is 9.59 Å². The number of hydrogen-bond donors (Lipinski definition) is 1. The topological polar surface area (TPSA) is 58.6 Å². The van der Waals surface area contributed by atoms with Crippen LogP contribution in [-0.2, 0) is 16.1 Å². The fraction of sp³-hybridized carbons (Fsp3) is 0.474. The van der Waals surface area contributed by atoms with E-state index in [1.807, 2.05) is 44.7 Å². The Morgan fingerprint density at radius 3 is 2.46 bits per heavy atom. The summed E-state index contributed by atoms with van der Waals surface area (Å²) < 4.78 is 5.84. The SMILES string of the molecule is C=CC(=O)NCc1ccc(C(=O)N2CC(C)(C)OCC2(C)C)cc1. The number of rotatable bonds is 4. The number of carbonyl (C=O) groups excluding carboxylic acids is 2. The van der Waals surface area contributed by atoms with Crippen LogP contribution >= 0.6 is 0 Å². The van der Waals surface area contributed by atoms with Crippen LogP contribution in [0.2, 0.25) is 0 Å². The molecule has 1 N–H and O–H groups in total. The minimum atomic E-state index is -0.347. The van der Waals surface area contributed by atoms with Gasteiger partial charge in [-0.25, -0.2) is 0 Å². The lowest BCUT2D eigenvalue weighted by molar-refractivity contribution is -0.128. The lowest BCUT2D eigenvalue weighted by Crippen LogP contribution is -2.61. The predicted octanol–water partition coefficient (Wildman–Crippen LogP) is 2.52. The Bertz CT molecular complexity index is 633. The van der Waals surface area contributed by atoms with Gasteiger partial charge in [-0.2, -0.15) is 0 Å². The van der Waals surface area contributed by atoms with E-state index in [1.165, 1.54) is 6.08 Å². The first kappa shape index (κ1) is 18.2. The molecule has 5 nitrogen and oxygen atoms in total. The van der Waals surface area contributed by atoms with Crippen molar-refractivity contribution < 1.29 is 14.3 Å². The summed E-state index contributed by atoms with van der Waals surface area (Å²) in [6.45, 7) is 12.9. The molecule has 2 rings (SSSR count). The van der Waals surface area contributed by atoms with Gasteiger partial charge in [0, 0.05) is 12.1 Å². The number of benzene rings is 1. The number of amides is 2. The molecule has 1 aliphatic rings. The van der Waals surface area contributed by atoms with Crippen molar-refractivity contribution in [3.63, 3.8) is 0 Å². The van der Waals surface area contributed by atoms with Crippen molar-refractivity contribution in [1.29, 1.82) is 0 Å². The van der Waals surface area contributed by atoms with Crippen LogP contribution in [0, 0.1) is 0 Å². The van der Waals surface area contributed by atoms with Gasteiger partial charge in [0.2, 0.25) is 5.91 Å². The van der Waals surface area contributed by atoms with Crippen molar-refractivity contribution in [1.82, 2.24) is 10.2 Å². The van der Waals surface area contributed by atoms with Crippen molar-refractivity contribution in [3.8, 4) is 0 Å². The average Bonchev–Trinajstić information content (AvgIpc) is 2.55. The summed E-state index contributed by atoms with van der Waals surface area (Å²) in [6, 6.07) is 7.32. The van der Waals surface area contributed by atoms with Crippen LogP contribution in [0.25, 0.3) is 0 Å². The van der Waals surface area contributed by atoms with E-state index >= 15 is 0 Å². The van der Waals surface area contributed by atoms with E-state index in [-0.39, 0.29) is 23.0 Å². The molecule has 1 heterocycles. The van der Waals surface area contributed by atoms with Crippen molar-refractivity contribution in [2.75, 3.05) is 13.2 Å². The summed E-state index contributed by atoms with van der Waals surface area (Å²) in [6.07, 6.45) is 1.24. The van der Waals surface area contributed by atoms with Crippen LogP contribution < -0.4 is 5.32 Å². The molecule has 0 radical (unpaired) electrons. The van der Waals surface area contributed by atoms with E-state index in [1.54, 1.807) is 12.1 Å². The summed E-state index contributed by atoms with van der Waals surface area (Å²) in [5.41, 5.74) is 0.881. The number of nitrogens with zero attached hydrogens (tertiary/aromatic N) is 1. The summed E-state index contributed by atoms with van der Waals surface area (Å²) in [4.78, 5) is 26.0. The Balaban J connectivity index is 2.11. The third-order valence-electron chi connectivity index (χ3n) is 4.18. The predicted molar refractivity (Wildman–Crippen MR) is 93.6 cm³/mol. The number of ether oxygens (including phenoxy) is 1. The number of carbonyl (C=O) groups is 2. The van der Waals surface area contributed by atoms with Crippen LogP contribution in [0.5, 0.6) is 0 Å². The Hall–Kier alpha value is -2.14. The first-order valence-corrected chi connectivity index (χ1v) is 8.10. The second kappa shape index (κ2) is 6.77. The van der Waals surface area contributed by atoms with Gasteiger partial charge < -0.3 is 15.0 Å². The Labute approximate surface area is 143 Å². The maximum Gasteiger partial charge on any atom is 0.254 e. The molecule has 1 fully saturated rings. The maximum atomic E-state index is 12.9. The van der Waals surface area contributed by atoms with Gasteiger partial charge in [-0.15, -0.1) is 0 Å². The molecule has 2 amide bonds. The van der Waals surface area contributed by atoms with Gasteiger partial charge in [0.25, 0.3) is 5.91 Å². The molecule has 0 spiro atoms. The molecule has 1 aliphatic heterocycles. The molecule has 0 aromatic heterocycles. The summed E-state index contributed by atoms with van der Waals surface area (Å²) in [7, 11) is 0. The maximum absolute atomic E-state index is 12.9. The van der Waals surface area contributed by atoms with Gasteiger partial charge in [-0.1, -0.05) is 18.7 Å². The fourth-order valence-electron chi connectivity index (χ4n) is 2.62. The monoisotopic (exact) mass is 330 g/mol. The second-order valence-electron chi connectivity index (χ2n) is 7.37. The lowest BCUT2D eigenvalue weighted by atomic mass is 9.95. The summed E-state index contributed by atoms with van der Waals surface area (Å²) >= 11 is 0. The smallest absolute Gasteiger partial charge is 0.254 e. The molecular formula is C19H26N2O3. The van der Waals surface area contributed by atoms with Crippen LogP contribution in [0.1, 0.15) is 43.6 Å². The van der Waals surface area contributed by atoms with E-state index in [0.29, 0.717) is 25.3 Å². The standard InChI is InChI=1S/C19H26N2O3/c1-6-16(22)20-11-14-7-9-15(10-8-14)17(23)21-12-19(4,5)24-13-18(21,2)3/h6-10H,1,11-13H2,2-5H3,(H,20,22). The van der Waals surface area contributed by atoms with Crippen LogP contribution in [0.3, 0.4) is 0 Å². The number of nitrogens with one attached hydrogen (secondary N) is 1. The highest BCUT2D eigenvalue weighted by Crippen LogP contribution is 2.29. The van der Waals surface area contributed by atoms with Crippen LogP contribution in [-0.4, -0.2) is 41.0 Å². The molecule has 130 valence electrons. The molecule has 0 atom stereocenters. The van der Waals surface area contributed by atoms with Crippen LogP contribution in [0.4, 0.5) is 0 Å². The van der Waals surface area contributed by atoms with Gasteiger partial charge in [0.05, 0.1) is 24.3 Å². The van der Waals surface area contributed by atoms with E-state index in [0.717, 1.165) is 5.56 Å². The first-order valence-electron chi connectivity index (χ1n) is 8.10. The highest BCUT2D eigenvalue weighted by molar-refractivity contribution is 5.95. The van der Waals surface area contributed by atoms with Gasteiger partial charge in [0.15, 0.2) is 0 Å². The molecule has 1 saturated heterocycles. The summed E-state index contributed by atoms with van der Waals surface area (Å²) in [5.74, 6) is -0.217. The highest BCUT2D eigenvalue weighted by Gasteiger charge is 2.41. The zero-order valence-corrected chi connectivity index (χ0v) is 14.9. The van der Waals surface area contributed by atoms with E-state index in [9.17, 15) is 9.59 Å². The molecule has 5 heteroatoms.